The Labute approximate surface area is 115 Å². The van der Waals surface area contributed by atoms with Crippen LogP contribution in [0.5, 0.6) is 0 Å². The summed E-state index contributed by atoms with van der Waals surface area (Å²) in [5.74, 6) is 0. The first-order valence-electron chi connectivity index (χ1n) is 6.84. The largest absolute Gasteiger partial charge is 0.384 e. The molecule has 1 aromatic rings. The first kappa shape index (κ1) is 13.9. The lowest BCUT2D eigenvalue weighted by molar-refractivity contribution is 0.0378. The van der Waals surface area contributed by atoms with Gasteiger partial charge in [-0.15, -0.1) is 0 Å². The molecule has 0 aromatic heterocycles. The Kier molecular flexibility index (Phi) is 5.20. The second-order valence-corrected chi connectivity index (χ2v) is 4.90. The topological polar surface area (TPSA) is 48.3 Å². The van der Waals surface area contributed by atoms with Gasteiger partial charge in [0.1, 0.15) is 6.07 Å². The van der Waals surface area contributed by atoms with Crippen LogP contribution in [-0.4, -0.2) is 44.3 Å². The third-order valence-electron chi connectivity index (χ3n) is 3.37. The number of hydrogen-bond donors (Lipinski definition) is 1. The summed E-state index contributed by atoms with van der Waals surface area (Å²) < 4.78 is 5.33. The maximum atomic E-state index is 9.06. The van der Waals surface area contributed by atoms with E-state index in [9.17, 15) is 0 Å². The zero-order chi connectivity index (χ0) is 13.5. The van der Waals surface area contributed by atoms with Crippen LogP contribution < -0.4 is 5.32 Å². The molecule has 0 atom stereocenters. The lowest BCUT2D eigenvalue weighted by atomic mass is 10.1. The van der Waals surface area contributed by atoms with E-state index in [0.717, 1.165) is 57.1 Å². The Hall–Kier alpha value is -1.57. The van der Waals surface area contributed by atoms with Crippen molar-refractivity contribution in [2.45, 2.75) is 13.3 Å². The maximum Gasteiger partial charge on any atom is 0.101 e. The first-order valence-corrected chi connectivity index (χ1v) is 6.84. The van der Waals surface area contributed by atoms with Crippen LogP contribution in [-0.2, 0) is 4.74 Å². The number of ether oxygens (including phenoxy) is 1. The molecule has 4 heteroatoms. The lowest BCUT2D eigenvalue weighted by Gasteiger charge is -2.26. The minimum absolute atomic E-state index is 0.719. The third kappa shape index (κ3) is 4.23. The molecule has 1 aliphatic heterocycles. The number of nitrogens with zero attached hydrogens (tertiary/aromatic N) is 2. The number of rotatable bonds is 5. The molecule has 19 heavy (non-hydrogen) atoms. The summed E-state index contributed by atoms with van der Waals surface area (Å²) in [4.78, 5) is 2.42. The normalized spacial score (nSPS) is 16.0. The number of nitrogens with one attached hydrogen (secondary N) is 1. The number of morpholine rings is 1. The SMILES string of the molecule is Cc1ccc(C#N)c(NCCCN2CCOCC2)c1. The van der Waals surface area contributed by atoms with Gasteiger partial charge in [-0.25, -0.2) is 0 Å². The zero-order valence-corrected chi connectivity index (χ0v) is 11.5. The van der Waals surface area contributed by atoms with Gasteiger partial charge in [-0.2, -0.15) is 5.26 Å². The van der Waals surface area contributed by atoms with Crippen LogP contribution in [0.15, 0.2) is 18.2 Å². The highest BCUT2D eigenvalue weighted by molar-refractivity contribution is 5.58. The summed E-state index contributed by atoms with van der Waals surface area (Å²) in [6, 6.07) is 8.10. The molecule has 0 unspecified atom stereocenters. The maximum absolute atomic E-state index is 9.06. The Morgan fingerprint density at radius 3 is 2.89 bits per heavy atom. The van der Waals surface area contributed by atoms with Gasteiger partial charge in [0.25, 0.3) is 0 Å². The van der Waals surface area contributed by atoms with E-state index in [1.54, 1.807) is 0 Å². The van der Waals surface area contributed by atoms with Crippen molar-refractivity contribution in [1.82, 2.24) is 4.90 Å². The molecule has 1 saturated heterocycles. The van der Waals surface area contributed by atoms with E-state index in [0.29, 0.717) is 0 Å². The molecule has 1 aliphatic rings. The molecular weight excluding hydrogens is 238 g/mol. The number of nitriles is 1. The standard InChI is InChI=1S/C15H21N3O/c1-13-3-4-14(12-16)15(11-13)17-5-2-6-18-7-9-19-10-8-18/h3-4,11,17H,2,5-10H2,1H3. The summed E-state index contributed by atoms with van der Waals surface area (Å²) >= 11 is 0. The van der Waals surface area contributed by atoms with Gasteiger partial charge in [0, 0.05) is 19.6 Å². The predicted molar refractivity (Wildman–Crippen MR) is 76.3 cm³/mol. The Balaban J connectivity index is 1.76. The fraction of sp³-hybridized carbons (Fsp3) is 0.533. The third-order valence-corrected chi connectivity index (χ3v) is 3.37. The molecule has 0 bridgehead atoms. The van der Waals surface area contributed by atoms with Gasteiger partial charge in [0.15, 0.2) is 0 Å². The molecule has 0 radical (unpaired) electrons. The van der Waals surface area contributed by atoms with Crippen molar-refractivity contribution in [3.05, 3.63) is 29.3 Å². The minimum atomic E-state index is 0.719. The van der Waals surface area contributed by atoms with Crippen LogP contribution in [0.25, 0.3) is 0 Å². The van der Waals surface area contributed by atoms with Crippen molar-refractivity contribution in [1.29, 1.82) is 5.26 Å². The van der Waals surface area contributed by atoms with E-state index in [1.807, 2.05) is 25.1 Å². The zero-order valence-electron chi connectivity index (χ0n) is 11.5. The summed E-state index contributed by atoms with van der Waals surface area (Å²) in [5, 5.41) is 12.4. The van der Waals surface area contributed by atoms with Crippen molar-refractivity contribution in [2.75, 3.05) is 44.7 Å². The first-order chi connectivity index (χ1) is 9.29. The van der Waals surface area contributed by atoms with Gasteiger partial charge in [0.05, 0.1) is 24.5 Å². The molecule has 1 N–H and O–H groups in total. The summed E-state index contributed by atoms with van der Waals surface area (Å²) in [5.41, 5.74) is 2.84. The average molecular weight is 259 g/mol. The minimum Gasteiger partial charge on any atom is -0.384 e. The van der Waals surface area contributed by atoms with Gasteiger partial charge in [-0.3, -0.25) is 4.90 Å². The Morgan fingerprint density at radius 2 is 2.16 bits per heavy atom. The lowest BCUT2D eigenvalue weighted by Crippen LogP contribution is -2.37. The highest BCUT2D eigenvalue weighted by atomic mass is 16.5. The fourth-order valence-electron chi connectivity index (χ4n) is 2.25. The van der Waals surface area contributed by atoms with Crippen LogP contribution >= 0.6 is 0 Å². The molecule has 2 rings (SSSR count). The van der Waals surface area contributed by atoms with E-state index >= 15 is 0 Å². The second kappa shape index (κ2) is 7.13. The molecule has 4 nitrogen and oxygen atoms in total. The monoisotopic (exact) mass is 259 g/mol. The van der Waals surface area contributed by atoms with E-state index in [2.05, 4.69) is 16.3 Å². The fourth-order valence-corrected chi connectivity index (χ4v) is 2.25. The summed E-state index contributed by atoms with van der Waals surface area (Å²) in [6.45, 7) is 7.80. The van der Waals surface area contributed by atoms with Crippen LogP contribution in [0, 0.1) is 18.3 Å². The number of aryl methyl sites for hydroxylation is 1. The number of benzene rings is 1. The van der Waals surface area contributed by atoms with Gasteiger partial charge in [-0.1, -0.05) is 6.07 Å². The van der Waals surface area contributed by atoms with E-state index in [4.69, 9.17) is 10.00 Å². The number of anilines is 1. The molecule has 0 aliphatic carbocycles. The highest BCUT2D eigenvalue weighted by Gasteiger charge is 2.09. The highest BCUT2D eigenvalue weighted by Crippen LogP contribution is 2.16. The molecule has 102 valence electrons. The molecule has 0 spiro atoms. The summed E-state index contributed by atoms with van der Waals surface area (Å²) in [7, 11) is 0. The molecule has 1 fully saturated rings. The average Bonchev–Trinajstić information content (AvgIpc) is 2.45. The van der Waals surface area contributed by atoms with Gasteiger partial charge >= 0.3 is 0 Å². The molecule has 0 saturated carbocycles. The van der Waals surface area contributed by atoms with Crippen LogP contribution in [0.2, 0.25) is 0 Å². The second-order valence-electron chi connectivity index (χ2n) is 4.90. The Morgan fingerprint density at radius 1 is 1.37 bits per heavy atom. The van der Waals surface area contributed by atoms with Crippen LogP contribution in [0.1, 0.15) is 17.5 Å². The van der Waals surface area contributed by atoms with E-state index in [1.165, 1.54) is 5.56 Å². The molecular formula is C15H21N3O. The smallest absolute Gasteiger partial charge is 0.101 e. The van der Waals surface area contributed by atoms with Gasteiger partial charge < -0.3 is 10.1 Å². The van der Waals surface area contributed by atoms with Crippen molar-refractivity contribution >= 4 is 5.69 Å². The summed E-state index contributed by atoms with van der Waals surface area (Å²) in [6.07, 6.45) is 1.08. The van der Waals surface area contributed by atoms with Gasteiger partial charge in [0.2, 0.25) is 0 Å². The van der Waals surface area contributed by atoms with Crippen molar-refractivity contribution in [2.24, 2.45) is 0 Å². The quantitative estimate of drug-likeness (QED) is 0.822. The van der Waals surface area contributed by atoms with Crippen LogP contribution in [0.3, 0.4) is 0 Å². The van der Waals surface area contributed by atoms with Crippen molar-refractivity contribution in [3.63, 3.8) is 0 Å². The molecule has 1 heterocycles. The van der Waals surface area contributed by atoms with Crippen LogP contribution in [0.4, 0.5) is 5.69 Å². The number of hydrogen-bond acceptors (Lipinski definition) is 4. The van der Waals surface area contributed by atoms with Crippen molar-refractivity contribution < 1.29 is 4.74 Å². The predicted octanol–water partition coefficient (Wildman–Crippen LogP) is 2.00. The van der Waals surface area contributed by atoms with Crippen molar-refractivity contribution in [3.8, 4) is 6.07 Å². The van der Waals surface area contributed by atoms with Gasteiger partial charge in [-0.05, 0) is 37.6 Å². The molecule has 1 aromatic carbocycles. The molecule has 0 amide bonds. The van der Waals surface area contributed by atoms with E-state index < -0.39 is 0 Å². The Bertz CT molecular complexity index is 447. The van der Waals surface area contributed by atoms with E-state index in [-0.39, 0.29) is 0 Å².